The van der Waals surface area contributed by atoms with Gasteiger partial charge >= 0.3 is 0 Å². The van der Waals surface area contributed by atoms with Gasteiger partial charge in [0.25, 0.3) is 0 Å². The van der Waals surface area contributed by atoms with Crippen LogP contribution >= 0.6 is 0 Å². The molecule has 1 fully saturated rings. The second-order valence-corrected chi connectivity index (χ2v) is 8.45. The van der Waals surface area contributed by atoms with E-state index in [0.717, 1.165) is 59.4 Å². The number of aromatic amines is 1. The van der Waals surface area contributed by atoms with Crippen molar-refractivity contribution in [2.75, 3.05) is 31.8 Å². The number of fused-ring (bicyclic) bond motifs is 2. The molecule has 0 aromatic carbocycles. The summed E-state index contributed by atoms with van der Waals surface area (Å²) in [7, 11) is 5.50. The number of carbonyl (C=O) groups is 1. The van der Waals surface area contributed by atoms with Gasteiger partial charge in [0.15, 0.2) is 5.65 Å². The van der Waals surface area contributed by atoms with Crippen molar-refractivity contribution in [3.63, 3.8) is 0 Å². The van der Waals surface area contributed by atoms with Crippen LogP contribution in [-0.2, 0) is 4.79 Å². The molecule has 1 aliphatic rings. The standard InChI is InChI=1S/C22H27N9O/c1-23-19-18-15(16-8-9-17-24-10-11-31(17)29-16)12-25-20(18)28-22(27-19)26-14-6-4-13(5-7-14)21(32)30(2)3/h8-14H,4-7H2,1-3H3,(H3,23,25,26,27,28)/t13-,14-. The van der Waals surface area contributed by atoms with Gasteiger partial charge in [0.1, 0.15) is 11.5 Å². The Kier molecular flexibility index (Phi) is 5.12. The van der Waals surface area contributed by atoms with Crippen molar-refractivity contribution in [2.24, 2.45) is 5.92 Å². The summed E-state index contributed by atoms with van der Waals surface area (Å²) in [5, 5.41) is 12.2. The maximum atomic E-state index is 12.2. The first kappa shape index (κ1) is 20.2. The Morgan fingerprint density at radius 3 is 2.75 bits per heavy atom. The van der Waals surface area contributed by atoms with Crippen molar-refractivity contribution >= 4 is 34.4 Å². The highest BCUT2D eigenvalue weighted by atomic mass is 16.2. The number of rotatable bonds is 5. The molecule has 0 bridgehead atoms. The molecular formula is C22H27N9O. The smallest absolute Gasteiger partial charge is 0.226 e. The van der Waals surface area contributed by atoms with Gasteiger partial charge in [0.2, 0.25) is 11.9 Å². The first-order chi connectivity index (χ1) is 15.5. The highest BCUT2D eigenvalue weighted by Crippen LogP contribution is 2.33. The lowest BCUT2D eigenvalue weighted by Gasteiger charge is -2.29. The number of carbonyl (C=O) groups excluding carboxylic acids is 1. The number of aromatic nitrogens is 6. The monoisotopic (exact) mass is 433 g/mol. The zero-order valence-corrected chi connectivity index (χ0v) is 18.5. The zero-order valence-electron chi connectivity index (χ0n) is 18.5. The van der Waals surface area contributed by atoms with Gasteiger partial charge in [-0.1, -0.05) is 0 Å². The highest BCUT2D eigenvalue weighted by molar-refractivity contribution is 6.00. The van der Waals surface area contributed by atoms with Crippen LogP contribution in [0.4, 0.5) is 11.8 Å². The van der Waals surface area contributed by atoms with E-state index >= 15 is 0 Å². The maximum absolute atomic E-state index is 12.2. The number of hydrogen-bond acceptors (Lipinski definition) is 7. The topological polar surface area (TPSA) is 116 Å². The van der Waals surface area contributed by atoms with E-state index in [1.165, 1.54) is 0 Å². The maximum Gasteiger partial charge on any atom is 0.226 e. The van der Waals surface area contributed by atoms with Crippen molar-refractivity contribution in [1.29, 1.82) is 0 Å². The predicted octanol–water partition coefficient (Wildman–Crippen LogP) is 2.77. The van der Waals surface area contributed by atoms with Crippen molar-refractivity contribution in [2.45, 2.75) is 31.7 Å². The molecule has 0 spiro atoms. The SMILES string of the molecule is CNc1nc(N[C@H]2CC[C@H](C(=O)N(C)C)CC2)nc2[nH]cc(-c3ccc4nccn4n3)c12. The van der Waals surface area contributed by atoms with Gasteiger partial charge in [-0.3, -0.25) is 4.79 Å². The number of nitrogens with one attached hydrogen (secondary N) is 3. The van der Waals surface area contributed by atoms with E-state index in [2.05, 4.69) is 25.7 Å². The average molecular weight is 434 g/mol. The molecule has 166 valence electrons. The van der Waals surface area contributed by atoms with E-state index in [1.807, 2.05) is 45.7 Å². The number of hydrogen-bond donors (Lipinski definition) is 3. The molecule has 1 aliphatic carbocycles. The fourth-order valence-electron chi connectivity index (χ4n) is 4.47. The molecule has 0 radical (unpaired) electrons. The summed E-state index contributed by atoms with van der Waals surface area (Å²) in [5.41, 5.74) is 3.28. The van der Waals surface area contributed by atoms with Crippen LogP contribution in [-0.4, -0.2) is 67.5 Å². The molecule has 0 atom stereocenters. The lowest BCUT2D eigenvalue weighted by atomic mass is 9.85. The summed E-state index contributed by atoms with van der Waals surface area (Å²) in [6.07, 6.45) is 9.07. The molecule has 4 aromatic heterocycles. The Balaban J connectivity index is 1.39. The second-order valence-electron chi connectivity index (χ2n) is 8.45. The molecule has 0 aliphatic heterocycles. The summed E-state index contributed by atoms with van der Waals surface area (Å²) in [6, 6.07) is 4.14. The van der Waals surface area contributed by atoms with Gasteiger partial charge in [-0.05, 0) is 37.8 Å². The Morgan fingerprint density at radius 1 is 1.19 bits per heavy atom. The molecule has 5 rings (SSSR count). The Morgan fingerprint density at radius 2 is 2.00 bits per heavy atom. The van der Waals surface area contributed by atoms with E-state index in [4.69, 9.17) is 9.97 Å². The minimum Gasteiger partial charge on any atom is -0.372 e. The second kappa shape index (κ2) is 8.10. The summed E-state index contributed by atoms with van der Waals surface area (Å²) < 4.78 is 1.75. The normalized spacial score (nSPS) is 18.7. The van der Waals surface area contributed by atoms with E-state index in [-0.39, 0.29) is 17.9 Å². The van der Waals surface area contributed by atoms with Gasteiger partial charge in [0, 0.05) is 57.3 Å². The van der Waals surface area contributed by atoms with E-state index in [9.17, 15) is 4.79 Å². The molecule has 0 unspecified atom stereocenters. The lowest BCUT2D eigenvalue weighted by Crippen LogP contribution is -2.35. The van der Waals surface area contributed by atoms with Gasteiger partial charge in [-0.15, -0.1) is 0 Å². The largest absolute Gasteiger partial charge is 0.372 e. The minimum absolute atomic E-state index is 0.116. The van der Waals surface area contributed by atoms with Crippen LogP contribution in [0.5, 0.6) is 0 Å². The van der Waals surface area contributed by atoms with E-state index in [1.54, 1.807) is 15.6 Å². The van der Waals surface area contributed by atoms with Crippen LogP contribution in [0.3, 0.4) is 0 Å². The average Bonchev–Trinajstić information content (AvgIpc) is 3.45. The van der Waals surface area contributed by atoms with Crippen LogP contribution in [0.1, 0.15) is 25.7 Å². The first-order valence-electron chi connectivity index (χ1n) is 10.9. The number of amides is 1. The van der Waals surface area contributed by atoms with Gasteiger partial charge < -0.3 is 20.5 Å². The van der Waals surface area contributed by atoms with E-state index < -0.39 is 0 Å². The summed E-state index contributed by atoms with van der Waals surface area (Å²) in [6.45, 7) is 0. The third-order valence-corrected chi connectivity index (χ3v) is 6.15. The zero-order chi connectivity index (χ0) is 22.2. The van der Waals surface area contributed by atoms with Crippen molar-refractivity contribution < 1.29 is 4.79 Å². The fraction of sp³-hybridized carbons (Fsp3) is 0.409. The van der Waals surface area contributed by atoms with Crippen molar-refractivity contribution in [3.05, 3.63) is 30.7 Å². The van der Waals surface area contributed by atoms with Crippen LogP contribution in [0.25, 0.3) is 27.9 Å². The van der Waals surface area contributed by atoms with Crippen molar-refractivity contribution in [3.8, 4) is 11.3 Å². The molecule has 1 saturated carbocycles. The van der Waals surface area contributed by atoms with Crippen LogP contribution in [0.15, 0.2) is 30.7 Å². The Labute approximate surface area is 185 Å². The molecule has 4 aromatic rings. The summed E-state index contributed by atoms with van der Waals surface area (Å²) in [5.74, 6) is 1.65. The lowest BCUT2D eigenvalue weighted by molar-refractivity contribution is -0.133. The molecule has 0 saturated heterocycles. The van der Waals surface area contributed by atoms with Gasteiger partial charge in [-0.2, -0.15) is 15.1 Å². The Bertz CT molecular complexity index is 1270. The van der Waals surface area contributed by atoms with Gasteiger partial charge in [0.05, 0.1) is 11.1 Å². The molecular weight excluding hydrogens is 406 g/mol. The minimum atomic E-state index is 0.116. The number of imidazole rings is 1. The molecule has 4 heterocycles. The van der Waals surface area contributed by atoms with Crippen LogP contribution in [0.2, 0.25) is 0 Å². The molecule has 10 heteroatoms. The van der Waals surface area contributed by atoms with Crippen molar-refractivity contribution in [1.82, 2.24) is 34.4 Å². The third-order valence-electron chi connectivity index (χ3n) is 6.15. The predicted molar refractivity (Wildman–Crippen MR) is 123 cm³/mol. The highest BCUT2D eigenvalue weighted by Gasteiger charge is 2.28. The van der Waals surface area contributed by atoms with Crippen LogP contribution in [0, 0.1) is 5.92 Å². The molecule has 10 nitrogen and oxygen atoms in total. The molecule has 32 heavy (non-hydrogen) atoms. The van der Waals surface area contributed by atoms with Crippen LogP contribution < -0.4 is 10.6 Å². The number of nitrogens with zero attached hydrogens (tertiary/aromatic N) is 6. The third kappa shape index (κ3) is 3.61. The number of anilines is 2. The fourth-order valence-corrected chi connectivity index (χ4v) is 4.47. The molecule has 3 N–H and O–H groups in total. The summed E-state index contributed by atoms with van der Waals surface area (Å²) in [4.78, 5) is 30.9. The first-order valence-corrected chi connectivity index (χ1v) is 10.9. The number of H-pyrrole nitrogens is 1. The van der Waals surface area contributed by atoms with Gasteiger partial charge in [-0.25, -0.2) is 9.50 Å². The Hall–Kier alpha value is -3.69. The molecule has 1 amide bonds. The van der Waals surface area contributed by atoms with E-state index in [0.29, 0.717) is 5.95 Å². The quantitative estimate of drug-likeness (QED) is 0.443. The summed E-state index contributed by atoms with van der Waals surface area (Å²) >= 11 is 0.